The van der Waals surface area contributed by atoms with Crippen LogP contribution in [0.3, 0.4) is 0 Å². The molecule has 1 heterocycles. The van der Waals surface area contributed by atoms with Crippen LogP contribution in [0.15, 0.2) is 36.4 Å². The van der Waals surface area contributed by atoms with Gasteiger partial charge in [-0.3, -0.25) is 19.7 Å². The van der Waals surface area contributed by atoms with Crippen LogP contribution in [0.5, 0.6) is 5.75 Å². The van der Waals surface area contributed by atoms with Crippen LogP contribution >= 0.6 is 0 Å². The number of nitrogens with zero attached hydrogens (tertiary/aromatic N) is 1. The number of non-ortho nitro benzene ring substituents is 1. The van der Waals surface area contributed by atoms with Crippen molar-refractivity contribution in [3.05, 3.63) is 69.0 Å². The molecule has 0 aliphatic carbocycles. The predicted molar refractivity (Wildman–Crippen MR) is 91.9 cm³/mol. The summed E-state index contributed by atoms with van der Waals surface area (Å²) in [5, 5.41) is 13.3. The van der Waals surface area contributed by atoms with E-state index in [1.54, 1.807) is 0 Å². The van der Waals surface area contributed by atoms with Crippen molar-refractivity contribution in [1.82, 2.24) is 5.32 Å². The van der Waals surface area contributed by atoms with Gasteiger partial charge in [0, 0.05) is 23.3 Å². The minimum Gasteiger partial charge on any atom is -0.467 e. The first kappa shape index (κ1) is 19.2. The van der Waals surface area contributed by atoms with Gasteiger partial charge < -0.3 is 19.5 Å². The molecule has 9 nitrogen and oxygen atoms in total. The Labute approximate surface area is 158 Å². The van der Waals surface area contributed by atoms with Crippen molar-refractivity contribution < 1.29 is 33.1 Å². The van der Waals surface area contributed by atoms with E-state index < -0.39 is 29.2 Å². The summed E-state index contributed by atoms with van der Waals surface area (Å²) in [7, 11) is 0. The fraction of sp³-hybridized carbons (Fsp3) is 0.222. The minimum absolute atomic E-state index is 0.0234. The Hall–Kier alpha value is -3.53. The average molecular weight is 390 g/mol. The normalized spacial score (nSPS) is 12.5. The molecule has 0 bridgehead atoms. The molecule has 1 aliphatic rings. The van der Waals surface area contributed by atoms with Crippen LogP contribution in [-0.4, -0.2) is 30.1 Å². The fourth-order valence-electron chi connectivity index (χ4n) is 2.60. The maximum absolute atomic E-state index is 13.5. The minimum atomic E-state index is -0.794. The highest BCUT2D eigenvalue weighted by Gasteiger charge is 2.22. The van der Waals surface area contributed by atoms with Gasteiger partial charge in [-0.25, -0.2) is 4.39 Å². The molecule has 0 spiro atoms. The summed E-state index contributed by atoms with van der Waals surface area (Å²) in [5.41, 5.74) is 0.392. The van der Waals surface area contributed by atoms with Crippen molar-refractivity contribution >= 4 is 17.6 Å². The van der Waals surface area contributed by atoms with Crippen LogP contribution < -0.4 is 10.1 Å². The van der Waals surface area contributed by atoms with Gasteiger partial charge in [0.15, 0.2) is 6.79 Å². The van der Waals surface area contributed by atoms with E-state index in [1.165, 1.54) is 30.3 Å². The highest BCUT2D eigenvalue weighted by atomic mass is 19.1. The number of benzene rings is 2. The summed E-state index contributed by atoms with van der Waals surface area (Å²) in [6.07, 6.45) is 0. The molecule has 1 amide bonds. The third-order valence-electron chi connectivity index (χ3n) is 3.88. The quantitative estimate of drug-likeness (QED) is 0.456. The second-order valence-electron chi connectivity index (χ2n) is 5.78. The monoisotopic (exact) mass is 390 g/mol. The molecule has 0 saturated carbocycles. The molecule has 146 valence electrons. The van der Waals surface area contributed by atoms with Crippen molar-refractivity contribution in [2.45, 2.75) is 13.2 Å². The highest BCUT2D eigenvalue weighted by molar-refractivity contribution is 5.96. The Morgan fingerprint density at radius 1 is 1.29 bits per heavy atom. The van der Waals surface area contributed by atoms with Crippen molar-refractivity contribution in [2.24, 2.45) is 0 Å². The summed E-state index contributed by atoms with van der Waals surface area (Å²) < 4.78 is 29.0. The molecule has 0 unspecified atom stereocenters. The van der Waals surface area contributed by atoms with Crippen LogP contribution in [0.25, 0.3) is 0 Å². The van der Waals surface area contributed by atoms with Gasteiger partial charge in [-0.15, -0.1) is 0 Å². The molecule has 0 aromatic heterocycles. The standard InChI is InChI=1S/C18H15FN2O7/c19-15-4-2-1-3-14(15)18(23)20-7-16(22)27-9-12-6-13(21(24)25)5-11-8-26-10-28-17(11)12/h1-6H,7-10H2,(H,20,23). The second kappa shape index (κ2) is 8.44. The van der Waals surface area contributed by atoms with Crippen molar-refractivity contribution in [1.29, 1.82) is 0 Å². The summed E-state index contributed by atoms with van der Waals surface area (Å²) in [6.45, 7) is -0.673. The van der Waals surface area contributed by atoms with E-state index in [2.05, 4.69) is 5.32 Å². The van der Waals surface area contributed by atoms with E-state index in [0.717, 1.165) is 6.07 Å². The van der Waals surface area contributed by atoms with Crippen LogP contribution in [-0.2, 0) is 27.5 Å². The molecule has 0 atom stereocenters. The molecule has 0 fully saturated rings. The van der Waals surface area contributed by atoms with E-state index >= 15 is 0 Å². The number of nitro benzene ring substituents is 1. The molecule has 0 radical (unpaired) electrons. The fourth-order valence-corrected chi connectivity index (χ4v) is 2.60. The van der Waals surface area contributed by atoms with E-state index in [1.807, 2.05) is 0 Å². The molecule has 1 N–H and O–H groups in total. The lowest BCUT2D eigenvalue weighted by Crippen LogP contribution is -2.31. The van der Waals surface area contributed by atoms with E-state index in [0.29, 0.717) is 16.9 Å². The zero-order chi connectivity index (χ0) is 20.1. The van der Waals surface area contributed by atoms with E-state index in [4.69, 9.17) is 14.2 Å². The molecule has 0 saturated heterocycles. The Kier molecular flexibility index (Phi) is 5.80. The smallest absolute Gasteiger partial charge is 0.325 e. The first-order chi connectivity index (χ1) is 13.5. The number of ether oxygens (including phenoxy) is 3. The second-order valence-corrected chi connectivity index (χ2v) is 5.78. The number of nitrogens with one attached hydrogen (secondary N) is 1. The van der Waals surface area contributed by atoms with Crippen LogP contribution in [0.1, 0.15) is 21.5 Å². The van der Waals surface area contributed by atoms with Gasteiger partial charge in [-0.05, 0) is 12.1 Å². The largest absolute Gasteiger partial charge is 0.467 e. The molecule has 2 aromatic carbocycles. The topological polar surface area (TPSA) is 117 Å². The Morgan fingerprint density at radius 3 is 2.82 bits per heavy atom. The Morgan fingerprint density at radius 2 is 2.07 bits per heavy atom. The number of amides is 1. The van der Waals surface area contributed by atoms with Gasteiger partial charge in [0.25, 0.3) is 11.6 Å². The summed E-state index contributed by atoms with van der Waals surface area (Å²) >= 11 is 0. The SMILES string of the molecule is O=C(CNC(=O)c1ccccc1F)OCc1cc([N+](=O)[O-])cc2c1OCOC2. The Bertz CT molecular complexity index is 932. The molecule has 1 aliphatic heterocycles. The maximum atomic E-state index is 13.5. The third-order valence-corrected chi connectivity index (χ3v) is 3.88. The highest BCUT2D eigenvalue weighted by Crippen LogP contribution is 2.33. The van der Waals surface area contributed by atoms with Gasteiger partial charge >= 0.3 is 5.97 Å². The zero-order valence-electron chi connectivity index (χ0n) is 14.5. The van der Waals surface area contributed by atoms with Crippen molar-refractivity contribution in [2.75, 3.05) is 13.3 Å². The van der Waals surface area contributed by atoms with Crippen molar-refractivity contribution in [3.63, 3.8) is 0 Å². The number of esters is 1. The molecular weight excluding hydrogens is 375 g/mol. The number of hydrogen-bond acceptors (Lipinski definition) is 7. The number of hydrogen-bond donors (Lipinski definition) is 1. The lowest BCUT2D eigenvalue weighted by molar-refractivity contribution is -0.385. The number of carbonyl (C=O) groups is 2. The van der Waals surface area contributed by atoms with Gasteiger partial charge in [0.05, 0.1) is 17.1 Å². The third kappa shape index (κ3) is 4.41. The maximum Gasteiger partial charge on any atom is 0.325 e. The number of carbonyl (C=O) groups excluding carboxylic acids is 2. The van der Waals surface area contributed by atoms with Gasteiger partial charge in [-0.2, -0.15) is 0 Å². The lowest BCUT2D eigenvalue weighted by atomic mass is 10.1. The number of rotatable bonds is 6. The van der Waals surface area contributed by atoms with Gasteiger partial charge in [0.1, 0.15) is 24.7 Å². The zero-order valence-corrected chi connectivity index (χ0v) is 14.5. The van der Waals surface area contributed by atoms with Crippen LogP contribution in [0.4, 0.5) is 10.1 Å². The summed E-state index contributed by atoms with van der Waals surface area (Å²) in [5.74, 6) is -1.91. The lowest BCUT2D eigenvalue weighted by Gasteiger charge is -2.20. The number of fused-ring (bicyclic) bond motifs is 1. The molecule has 2 aromatic rings. The first-order valence-corrected chi connectivity index (χ1v) is 8.15. The molecular formula is C18H15FN2O7. The number of nitro groups is 1. The van der Waals surface area contributed by atoms with Gasteiger partial charge in [0.2, 0.25) is 0 Å². The molecule has 28 heavy (non-hydrogen) atoms. The first-order valence-electron chi connectivity index (χ1n) is 8.15. The number of halogens is 1. The van der Waals surface area contributed by atoms with E-state index in [9.17, 15) is 24.1 Å². The van der Waals surface area contributed by atoms with Gasteiger partial charge in [-0.1, -0.05) is 12.1 Å². The molecule has 3 rings (SSSR count). The Balaban J connectivity index is 1.61. The van der Waals surface area contributed by atoms with E-state index in [-0.39, 0.29) is 31.3 Å². The molecule has 10 heteroatoms. The summed E-state index contributed by atoms with van der Waals surface area (Å²) in [4.78, 5) is 34.3. The van der Waals surface area contributed by atoms with Crippen LogP contribution in [0, 0.1) is 15.9 Å². The summed E-state index contributed by atoms with van der Waals surface area (Å²) in [6, 6.07) is 7.91. The predicted octanol–water partition coefficient (Wildman–Crippen LogP) is 2.07. The average Bonchev–Trinajstić information content (AvgIpc) is 2.70. The van der Waals surface area contributed by atoms with Crippen molar-refractivity contribution in [3.8, 4) is 5.75 Å². The van der Waals surface area contributed by atoms with Crippen LogP contribution in [0.2, 0.25) is 0 Å².